The van der Waals surface area contributed by atoms with Crippen molar-refractivity contribution in [3.8, 4) is 0 Å². The van der Waals surface area contributed by atoms with Gasteiger partial charge < -0.3 is 19.9 Å². The van der Waals surface area contributed by atoms with E-state index in [1.807, 2.05) is 12.1 Å². The molecular weight excluding hydrogens is 240 g/mol. The summed E-state index contributed by atoms with van der Waals surface area (Å²) in [7, 11) is 1.78. The molecule has 19 heavy (non-hydrogen) atoms. The van der Waals surface area contributed by atoms with Crippen LogP contribution >= 0.6 is 0 Å². The van der Waals surface area contributed by atoms with Gasteiger partial charge in [0.05, 0.1) is 6.61 Å². The smallest absolute Gasteiger partial charge is 0.191 e. The Morgan fingerprint density at radius 2 is 1.89 bits per heavy atom. The second-order valence-electron chi connectivity index (χ2n) is 4.31. The van der Waals surface area contributed by atoms with Crippen molar-refractivity contribution in [1.29, 1.82) is 0 Å². The third-order valence-corrected chi connectivity index (χ3v) is 2.73. The predicted molar refractivity (Wildman–Crippen MR) is 79.5 cm³/mol. The Morgan fingerprint density at radius 1 is 1.16 bits per heavy atom. The van der Waals surface area contributed by atoms with E-state index in [2.05, 4.69) is 39.5 Å². The Balaban J connectivity index is 2.03. The molecule has 1 heterocycles. The number of rotatable bonds is 9. The van der Waals surface area contributed by atoms with Gasteiger partial charge in [-0.3, -0.25) is 4.99 Å². The zero-order valence-electron chi connectivity index (χ0n) is 12.1. The number of nitrogens with one attached hydrogen (secondary N) is 2. The standard InChI is InChI=1S/C14H26N4O/c1-3-4-12-19-13-8-17-14(15-2)16-7-11-18-9-5-6-10-18/h5-6,9-10H,3-4,7-8,11-13H2,1-2H3,(H2,15,16,17). The van der Waals surface area contributed by atoms with Gasteiger partial charge in [-0.2, -0.15) is 0 Å². The van der Waals surface area contributed by atoms with Crippen molar-refractivity contribution in [1.82, 2.24) is 15.2 Å². The number of aliphatic imine (C=N–C) groups is 1. The predicted octanol–water partition coefficient (Wildman–Crippen LogP) is 1.47. The van der Waals surface area contributed by atoms with Crippen molar-refractivity contribution < 1.29 is 4.74 Å². The van der Waals surface area contributed by atoms with Crippen LogP contribution in [-0.2, 0) is 11.3 Å². The largest absolute Gasteiger partial charge is 0.380 e. The maximum atomic E-state index is 5.48. The second-order valence-corrected chi connectivity index (χ2v) is 4.31. The third kappa shape index (κ3) is 7.51. The number of unbranched alkanes of at least 4 members (excludes halogenated alkanes) is 1. The maximum absolute atomic E-state index is 5.48. The van der Waals surface area contributed by atoms with Crippen molar-refractivity contribution in [3.05, 3.63) is 24.5 Å². The summed E-state index contributed by atoms with van der Waals surface area (Å²) in [5.74, 6) is 0.825. The molecule has 1 aromatic rings. The first-order valence-electron chi connectivity index (χ1n) is 7.00. The lowest BCUT2D eigenvalue weighted by atomic mass is 10.4. The molecule has 0 unspecified atom stereocenters. The van der Waals surface area contributed by atoms with E-state index in [0.717, 1.165) is 45.2 Å². The molecule has 2 N–H and O–H groups in total. The van der Waals surface area contributed by atoms with Crippen LogP contribution in [0.15, 0.2) is 29.5 Å². The molecule has 0 bridgehead atoms. The summed E-state index contributed by atoms with van der Waals surface area (Å²) in [6.07, 6.45) is 6.42. The molecular formula is C14H26N4O. The summed E-state index contributed by atoms with van der Waals surface area (Å²) in [6.45, 7) is 6.30. The molecule has 5 heteroatoms. The van der Waals surface area contributed by atoms with E-state index >= 15 is 0 Å². The molecule has 0 saturated heterocycles. The van der Waals surface area contributed by atoms with E-state index in [4.69, 9.17) is 4.74 Å². The van der Waals surface area contributed by atoms with Crippen molar-refractivity contribution in [2.75, 3.05) is 33.4 Å². The first kappa shape index (κ1) is 15.6. The Labute approximate surface area is 116 Å². The minimum Gasteiger partial charge on any atom is -0.380 e. The van der Waals surface area contributed by atoms with Crippen LogP contribution in [0.1, 0.15) is 19.8 Å². The monoisotopic (exact) mass is 266 g/mol. The minimum atomic E-state index is 0.721. The molecule has 0 fully saturated rings. The van der Waals surface area contributed by atoms with Gasteiger partial charge in [0, 0.05) is 45.7 Å². The van der Waals surface area contributed by atoms with Crippen molar-refractivity contribution in [2.24, 2.45) is 4.99 Å². The summed E-state index contributed by atoms with van der Waals surface area (Å²) in [6, 6.07) is 4.06. The summed E-state index contributed by atoms with van der Waals surface area (Å²) >= 11 is 0. The van der Waals surface area contributed by atoms with Gasteiger partial charge in [-0.15, -0.1) is 0 Å². The lowest BCUT2D eigenvalue weighted by Crippen LogP contribution is -2.40. The molecule has 1 rings (SSSR count). The highest BCUT2D eigenvalue weighted by atomic mass is 16.5. The van der Waals surface area contributed by atoms with Gasteiger partial charge in [-0.1, -0.05) is 13.3 Å². The highest BCUT2D eigenvalue weighted by molar-refractivity contribution is 5.79. The average molecular weight is 266 g/mol. The lowest BCUT2D eigenvalue weighted by Gasteiger charge is -2.12. The molecule has 0 saturated carbocycles. The van der Waals surface area contributed by atoms with Gasteiger partial charge in [0.25, 0.3) is 0 Å². The van der Waals surface area contributed by atoms with E-state index in [1.165, 1.54) is 6.42 Å². The van der Waals surface area contributed by atoms with Gasteiger partial charge in [0.2, 0.25) is 0 Å². The molecule has 0 aliphatic rings. The zero-order valence-corrected chi connectivity index (χ0v) is 12.1. The fourth-order valence-electron chi connectivity index (χ4n) is 1.63. The Bertz CT molecular complexity index is 335. The summed E-state index contributed by atoms with van der Waals surface area (Å²) in [5, 5.41) is 6.50. The summed E-state index contributed by atoms with van der Waals surface area (Å²) in [5.41, 5.74) is 0. The molecule has 0 amide bonds. The zero-order chi connectivity index (χ0) is 13.8. The Morgan fingerprint density at radius 3 is 2.58 bits per heavy atom. The van der Waals surface area contributed by atoms with E-state index in [1.54, 1.807) is 7.05 Å². The maximum Gasteiger partial charge on any atom is 0.191 e. The van der Waals surface area contributed by atoms with Crippen LogP contribution in [0.4, 0.5) is 0 Å². The SMILES string of the molecule is CCCCOCCNC(=NC)NCCn1cccc1. The number of nitrogens with zero attached hydrogens (tertiary/aromatic N) is 2. The number of hydrogen-bond acceptors (Lipinski definition) is 2. The average Bonchev–Trinajstić information content (AvgIpc) is 2.93. The fourth-order valence-corrected chi connectivity index (χ4v) is 1.63. The molecule has 0 aliphatic heterocycles. The van der Waals surface area contributed by atoms with Crippen LogP contribution in [0.2, 0.25) is 0 Å². The second kappa shape index (κ2) is 10.4. The normalized spacial score (nSPS) is 11.6. The van der Waals surface area contributed by atoms with E-state index in [0.29, 0.717) is 0 Å². The van der Waals surface area contributed by atoms with Crippen molar-refractivity contribution in [2.45, 2.75) is 26.3 Å². The summed E-state index contributed by atoms with van der Waals surface area (Å²) in [4.78, 5) is 4.17. The number of ether oxygens (including phenoxy) is 1. The quantitative estimate of drug-likeness (QED) is 0.404. The third-order valence-electron chi connectivity index (χ3n) is 2.73. The number of aromatic nitrogens is 1. The molecule has 5 nitrogen and oxygen atoms in total. The van der Waals surface area contributed by atoms with Crippen molar-refractivity contribution >= 4 is 5.96 Å². The van der Waals surface area contributed by atoms with Gasteiger partial charge in [0.1, 0.15) is 0 Å². The van der Waals surface area contributed by atoms with Crippen LogP contribution in [0.25, 0.3) is 0 Å². The molecule has 0 aliphatic carbocycles. The Kier molecular flexibility index (Phi) is 8.55. The topological polar surface area (TPSA) is 50.6 Å². The summed E-state index contributed by atoms with van der Waals surface area (Å²) < 4.78 is 7.62. The first-order chi connectivity index (χ1) is 9.36. The van der Waals surface area contributed by atoms with Gasteiger partial charge in [-0.25, -0.2) is 0 Å². The Hall–Kier alpha value is -1.49. The molecule has 0 aromatic carbocycles. The first-order valence-corrected chi connectivity index (χ1v) is 7.00. The fraction of sp³-hybridized carbons (Fsp3) is 0.643. The molecule has 0 spiro atoms. The van der Waals surface area contributed by atoms with Gasteiger partial charge in [0.15, 0.2) is 5.96 Å². The van der Waals surface area contributed by atoms with Crippen LogP contribution in [-0.4, -0.2) is 43.9 Å². The van der Waals surface area contributed by atoms with Crippen LogP contribution in [0, 0.1) is 0 Å². The van der Waals surface area contributed by atoms with Crippen LogP contribution in [0.5, 0.6) is 0 Å². The van der Waals surface area contributed by atoms with Crippen molar-refractivity contribution in [3.63, 3.8) is 0 Å². The minimum absolute atomic E-state index is 0.721. The highest BCUT2D eigenvalue weighted by Gasteiger charge is 1.96. The van der Waals surface area contributed by atoms with E-state index < -0.39 is 0 Å². The number of hydrogen-bond donors (Lipinski definition) is 2. The van der Waals surface area contributed by atoms with Crippen LogP contribution in [0.3, 0.4) is 0 Å². The molecule has 108 valence electrons. The number of guanidine groups is 1. The van der Waals surface area contributed by atoms with Gasteiger partial charge >= 0.3 is 0 Å². The van der Waals surface area contributed by atoms with Gasteiger partial charge in [-0.05, 0) is 18.6 Å². The molecule has 1 aromatic heterocycles. The van der Waals surface area contributed by atoms with E-state index in [9.17, 15) is 0 Å². The lowest BCUT2D eigenvalue weighted by molar-refractivity contribution is 0.136. The van der Waals surface area contributed by atoms with Crippen LogP contribution < -0.4 is 10.6 Å². The molecule has 0 atom stereocenters. The highest BCUT2D eigenvalue weighted by Crippen LogP contribution is 1.88. The van der Waals surface area contributed by atoms with E-state index in [-0.39, 0.29) is 0 Å². The molecule has 0 radical (unpaired) electrons.